The molecule has 0 aliphatic rings. The lowest BCUT2D eigenvalue weighted by Crippen LogP contribution is -2.01. The molecule has 0 bridgehead atoms. The molecule has 0 heterocycles. The fourth-order valence-corrected chi connectivity index (χ4v) is 1.84. The van der Waals surface area contributed by atoms with Crippen molar-refractivity contribution in [3.05, 3.63) is 69.7 Å². The summed E-state index contributed by atoms with van der Waals surface area (Å²) in [6.45, 7) is 1.84. The van der Waals surface area contributed by atoms with Crippen LogP contribution in [-0.4, -0.2) is 5.11 Å². The molecule has 0 spiro atoms. The molecule has 0 saturated carbocycles. The van der Waals surface area contributed by atoms with Gasteiger partial charge in [0.1, 0.15) is 6.10 Å². The van der Waals surface area contributed by atoms with Crippen LogP contribution < -0.4 is 0 Å². The topological polar surface area (TPSA) is 20.2 Å². The van der Waals surface area contributed by atoms with E-state index in [4.69, 9.17) is 11.6 Å². The summed E-state index contributed by atoms with van der Waals surface area (Å²) in [5.41, 5.74) is 1.71. The summed E-state index contributed by atoms with van der Waals surface area (Å²) in [6, 6.07) is 8.39. The molecule has 94 valence electrons. The van der Waals surface area contributed by atoms with E-state index < -0.39 is 17.7 Å². The summed E-state index contributed by atoms with van der Waals surface area (Å²) >= 11 is 5.96. The Labute approximate surface area is 109 Å². The molecule has 2 aromatic carbocycles. The van der Waals surface area contributed by atoms with E-state index in [2.05, 4.69) is 0 Å². The SMILES string of the molecule is Cc1ccc(C(O)c2ccc(F)c(F)c2)cc1Cl. The highest BCUT2D eigenvalue weighted by molar-refractivity contribution is 6.31. The number of rotatable bonds is 2. The predicted molar refractivity (Wildman–Crippen MR) is 66.6 cm³/mol. The van der Waals surface area contributed by atoms with Crippen molar-refractivity contribution >= 4 is 11.6 Å². The van der Waals surface area contributed by atoms with Crippen LogP contribution in [0.2, 0.25) is 5.02 Å². The maximum atomic E-state index is 13.1. The lowest BCUT2D eigenvalue weighted by Gasteiger charge is -2.12. The summed E-state index contributed by atoms with van der Waals surface area (Å²) in [6.07, 6.45) is -1.03. The minimum atomic E-state index is -1.03. The van der Waals surface area contributed by atoms with Gasteiger partial charge in [-0.15, -0.1) is 0 Å². The van der Waals surface area contributed by atoms with Crippen molar-refractivity contribution < 1.29 is 13.9 Å². The van der Waals surface area contributed by atoms with Crippen LogP contribution >= 0.6 is 11.6 Å². The zero-order valence-corrected chi connectivity index (χ0v) is 10.4. The summed E-state index contributed by atoms with van der Waals surface area (Å²) in [4.78, 5) is 0. The van der Waals surface area contributed by atoms with Gasteiger partial charge in [0.25, 0.3) is 0 Å². The Bertz CT molecular complexity index is 533. The Kier molecular flexibility index (Phi) is 3.64. The van der Waals surface area contributed by atoms with Crippen LogP contribution in [0.3, 0.4) is 0 Å². The largest absolute Gasteiger partial charge is 0.384 e. The first-order valence-electron chi connectivity index (χ1n) is 5.38. The quantitative estimate of drug-likeness (QED) is 0.873. The molecule has 1 nitrogen and oxygen atoms in total. The van der Waals surface area contributed by atoms with Crippen molar-refractivity contribution in [2.24, 2.45) is 0 Å². The van der Waals surface area contributed by atoms with E-state index in [1.807, 2.05) is 6.92 Å². The standard InChI is InChI=1S/C14H11ClF2O/c1-8-2-3-9(6-11(8)15)14(18)10-4-5-12(16)13(17)7-10/h2-7,14,18H,1H3. The van der Waals surface area contributed by atoms with Gasteiger partial charge in [0.05, 0.1) is 0 Å². The second-order valence-corrected chi connectivity index (χ2v) is 4.49. The number of hydrogen-bond acceptors (Lipinski definition) is 1. The number of hydrogen-bond donors (Lipinski definition) is 1. The van der Waals surface area contributed by atoms with Crippen molar-refractivity contribution in [3.8, 4) is 0 Å². The van der Waals surface area contributed by atoms with Crippen molar-refractivity contribution in [1.29, 1.82) is 0 Å². The molecule has 0 aliphatic carbocycles. The summed E-state index contributed by atoms with van der Waals surface area (Å²) < 4.78 is 25.9. The Hall–Kier alpha value is -1.45. The average molecular weight is 269 g/mol. The van der Waals surface area contributed by atoms with E-state index in [-0.39, 0.29) is 5.56 Å². The third kappa shape index (κ3) is 2.52. The van der Waals surface area contributed by atoms with Gasteiger partial charge in [-0.1, -0.05) is 29.8 Å². The van der Waals surface area contributed by atoms with E-state index in [1.54, 1.807) is 18.2 Å². The van der Waals surface area contributed by atoms with Gasteiger partial charge < -0.3 is 5.11 Å². The van der Waals surface area contributed by atoms with Crippen molar-refractivity contribution in [3.63, 3.8) is 0 Å². The smallest absolute Gasteiger partial charge is 0.159 e. The minimum Gasteiger partial charge on any atom is -0.384 e. The molecule has 18 heavy (non-hydrogen) atoms. The van der Waals surface area contributed by atoms with Crippen LogP contribution in [0.1, 0.15) is 22.8 Å². The predicted octanol–water partition coefficient (Wildman–Crippen LogP) is 4.01. The van der Waals surface area contributed by atoms with Gasteiger partial charge in [0.2, 0.25) is 0 Å². The first-order chi connectivity index (χ1) is 8.49. The summed E-state index contributed by atoms with van der Waals surface area (Å²) in [5, 5.41) is 10.6. The zero-order chi connectivity index (χ0) is 13.3. The molecule has 1 atom stereocenters. The Morgan fingerprint density at radius 1 is 1.00 bits per heavy atom. The average Bonchev–Trinajstić information content (AvgIpc) is 2.35. The second-order valence-electron chi connectivity index (χ2n) is 4.08. The van der Waals surface area contributed by atoms with E-state index in [1.165, 1.54) is 6.07 Å². The Morgan fingerprint density at radius 3 is 2.22 bits per heavy atom. The van der Waals surface area contributed by atoms with Crippen molar-refractivity contribution in [2.75, 3.05) is 0 Å². The number of benzene rings is 2. The second kappa shape index (κ2) is 5.04. The molecule has 0 radical (unpaired) electrons. The van der Waals surface area contributed by atoms with E-state index in [0.29, 0.717) is 10.6 Å². The van der Waals surface area contributed by atoms with E-state index >= 15 is 0 Å². The third-order valence-electron chi connectivity index (χ3n) is 2.77. The Morgan fingerprint density at radius 2 is 1.61 bits per heavy atom. The van der Waals surface area contributed by atoms with Crippen LogP contribution in [-0.2, 0) is 0 Å². The highest BCUT2D eigenvalue weighted by atomic mass is 35.5. The molecule has 2 rings (SSSR count). The van der Waals surface area contributed by atoms with Gasteiger partial charge in [-0.05, 0) is 41.8 Å². The minimum absolute atomic E-state index is 0.286. The lowest BCUT2D eigenvalue weighted by molar-refractivity contribution is 0.219. The molecular weight excluding hydrogens is 258 g/mol. The van der Waals surface area contributed by atoms with Crippen LogP contribution in [0, 0.1) is 18.6 Å². The number of aliphatic hydroxyl groups is 1. The fourth-order valence-electron chi connectivity index (χ4n) is 1.65. The summed E-state index contributed by atoms with van der Waals surface area (Å²) in [5.74, 6) is -1.92. The molecule has 0 saturated heterocycles. The number of aryl methyl sites for hydroxylation is 1. The fraction of sp³-hybridized carbons (Fsp3) is 0.143. The zero-order valence-electron chi connectivity index (χ0n) is 9.62. The lowest BCUT2D eigenvalue weighted by atomic mass is 10.0. The van der Waals surface area contributed by atoms with Gasteiger partial charge >= 0.3 is 0 Å². The molecule has 0 aromatic heterocycles. The van der Waals surface area contributed by atoms with Gasteiger partial charge in [0, 0.05) is 5.02 Å². The van der Waals surface area contributed by atoms with Crippen LogP contribution in [0.15, 0.2) is 36.4 Å². The molecule has 0 aliphatic heterocycles. The third-order valence-corrected chi connectivity index (χ3v) is 3.18. The van der Waals surface area contributed by atoms with Crippen LogP contribution in [0.25, 0.3) is 0 Å². The first-order valence-corrected chi connectivity index (χ1v) is 5.76. The monoisotopic (exact) mass is 268 g/mol. The van der Waals surface area contributed by atoms with Gasteiger partial charge in [-0.3, -0.25) is 0 Å². The number of aliphatic hydroxyl groups excluding tert-OH is 1. The van der Waals surface area contributed by atoms with Crippen LogP contribution in [0.4, 0.5) is 8.78 Å². The molecule has 4 heteroatoms. The highest BCUT2D eigenvalue weighted by Crippen LogP contribution is 2.26. The van der Waals surface area contributed by atoms with Gasteiger partial charge in [-0.25, -0.2) is 8.78 Å². The number of halogens is 3. The van der Waals surface area contributed by atoms with Crippen molar-refractivity contribution in [1.82, 2.24) is 0 Å². The maximum absolute atomic E-state index is 13.1. The van der Waals surface area contributed by atoms with Gasteiger partial charge in [0.15, 0.2) is 11.6 Å². The molecule has 1 unspecified atom stereocenters. The van der Waals surface area contributed by atoms with Crippen molar-refractivity contribution in [2.45, 2.75) is 13.0 Å². The highest BCUT2D eigenvalue weighted by Gasteiger charge is 2.13. The van der Waals surface area contributed by atoms with E-state index in [9.17, 15) is 13.9 Å². The normalized spacial score (nSPS) is 12.5. The summed E-state index contributed by atoms with van der Waals surface area (Å²) in [7, 11) is 0. The van der Waals surface area contributed by atoms with Crippen LogP contribution in [0.5, 0.6) is 0 Å². The molecular formula is C14H11ClF2O. The molecule has 0 amide bonds. The molecule has 2 aromatic rings. The van der Waals surface area contributed by atoms with E-state index in [0.717, 1.165) is 17.7 Å². The van der Waals surface area contributed by atoms with Gasteiger partial charge in [-0.2, -0.15) is 0 Å². The Balaban J connectivity index is 2.37. The molecule has 0 fully saturated rings. The maximum Gasteiger partial charge on any atom is 0.159 e. The molecule has 1 N–H and O–H groups in total. The first kappa shape index (κ1) is 13.0.